The fraction of sp³-hybridized carbons (Fsp3) is 0.0625. The summed E-state index contributed by atoms with van der Waals surface area (Å²) in [6.45, 7) is 0. The summed E-state index contributed by atoms with van der Waals surface area (Å²) >= 11 is 13.5. The third-order valence-corrected chi connectivity index (χ3v) is 4.36. The quantitative estimate of drug-likeness (QED) is 0.664. The Balaban J connectivity index is 2.00. The van der Waals surface area contributed by atoms with Crippen LogP contribution in [0, 0.1) is 0 Å². The monoisotopic (exact) mass is 380 g/mol. The highest BCUT2D eigenvalue weighted by atomic mass is 35.5. The molecule has 2 heterocycles. The van der Waals surface area contributed by atoms with Crippen molar-refractivity contribution in [2.75, 3.05) is 0 Å². The highest BCUT2D eigenvalue weighted by molar-refractivity contribution is 7.08. The topological polar surface area (TPSA) is 76.2 Å². The molecule has 1 N–H and O–H groups in total. The molecule has 0 bridgehead atoms. The van der Waals surface area contributed by atoms with Gasteiger partial charge in [0.05, 0.1) is 6.42 Å². The van der Waals surface area contributed by atoms with Crippen molar-refractivity contribution in [3.63, 3.8) is 0 Å². The van der Waals surface area contributed by atoms with Crippen LogP contribution in [0.15, 0.2) is 39.5 Å². The predicted molar refractivity (Wildman–Crippen MR) is 94.2 cm³/mol. The van der Waals surface area contributed by atoms with Crippen molar-refractivity contribution in [3.8, 4) is 11.4 Å². The first kappa shape index (κ1) is 16.7. The molecule has 0 fully saturated rings. The van der Waals surface area contributed by atoms with Crippen molar-refractivity contribution in [3.05, 3.63) is 56.5 Å². The predicted octanol–water partition coefficient (Wildman–Crippen LogP) is 5.12. The first-order valence-corrected chi connectivity index (χ1v) is 8.47. The Kier molecular flexibility index (Phi) is 4.99. The normalized spacial score (nSPS) is 11.7. The number of hydrogen-bond donors (Lipinski definition) is 1. The first-order chi connectivity index (χ1) is 11.5. The van der Waals surface area contributed by atoms with Gasteiger partial charge in [0.25, 0.3) is 5.89 Å². The summed E-state index contributed by atoms with van der Waals surface area (Å²) in [6.07, 6.45) is 1.34. The summed E-state index contributed by atoms with van der Waals surface area (Å²) in [5.74, 6) is -0.462. The lowest BCUT2D eigenvalue weighted by molar-refractivity contribution is -0.135. The van der Waals surface area contributed by atoms with E-state index >= 15 is 0 Å². The number of nitrogens with zero attached hydrogens (tertiary/aromatic N) is 2. The molecule has 3 rings (SSSR count). The van der Waals surface area contributed by atoms with Crippen LogP contribution in [0.3, 0.4) is 0 Å². The number of rotatable bonds is 5. The Morgan fingerprint density at radius 3 is 2.83 bits per heavy atom. The third-order valence-electron chi connectivity index (χ3n) is 3.11. The molecule has 0 aliphatic carbocycles. The minimum Gasteiger partial charge on any atom is -0.481 e. The Morgan fingerprint density at radius 1 is 1.33 bits per heavy atom. The zero-order chi connectivity index (χ0) is 17.1. The highest BCUT2D eigenvalue weighted by Gasteiger charge is 2.16. The van der Waals surface area contributed by atoms with Gasteiger partial charge in [0.2, 0.25) is 5.82 Å². The Bertz CT molecular complexity index is 904. The summed E-state index contributed by atoms with van der Waals surface area (Å²) < 4.78 is 5.23. The fourth-order valence-corrected chi connectivity index (χ4v) is 3.12. The van der Waals surface area contributed by atoms with Gasteiger partial charge < -0.3 is 9.63 Å². The lowest BCUT2D eigenvalue weighted by atomic mass is 10.1. The lowest BCUT2D eigenvalue weighted by Crippen LogP contribution is -1.97. The molecular formula is C16H10Cl2N2O3S. The van der Waals surface area contributed by atoms with Crippen LogP contribution >= 0.6 is 34.5 Å². The largest absolute Gasteiger partial charge is 0.481 e. The molecule has 3 aromatic rings. The summed E-state index contributed by atoms with van der Waals surface area (Å²) in [5.41, 5.74) is 1.79. The van der Waals surface area contributed by atoms with E-state index < -0.39 is 5.97 Å². The van der Waals surface area contributed by atoms with Gasteiger partial charge in [0, 0.05) is 26.6 Å². The van der Waals surface area contributed by atoms with Gasteiger partial charge in [-0.15, -0.1) is 0 Å². The Morgan fingerprint density at radius 2 is 2.17 bits per heavy atom. The lowest BCUT2D eigenvalue weighted by Gasteiger charge is -2.02. The van der Waals surface area contributed by atoms with E-state index in [-0.39, 0.29) is 12.3 Å². The van der Waals surface area contributed by atoms with E-state index in [1.807, 2.05) is 16.8 Å². The number of carboxylic acids is 1. The molecule has 2 aromatic heterocycles. The number of hydrogen-bond acceptors (Lipinski definition) is 5. The average Bonchev–Trinajstić information content (AvgIpc) is 3.18. The minimum absolute atomic E-state index is 0.143. The summed E-state index contributed by atoms with van der Waals surface area (Å²) in [5, 5.41) is 17.7. The van der Waals surface area contributed by atoms with Crippen LogP contribution < -0.4 is 0 Å². The van der Waals surface area contributed by atoms with Gasteiger partial charge in [-0.3, -0.25) is 4.79 Å². The fourth-order valence-electron chi connectivity index (χ4n) is 2.02. The van der Waals surface area contributed by atoms with Crippen molar-refractivity contribution >= 4 is 52.2 Å². The van der Waals surface area contributed by atoms with E-state index in [1.165, 1.54) is 11.3 Å². The smallest absolute Gasteiger partial charge is 0.308 e. The Hall–Kier alpha value is -2.15. The first-order valence-electron chi connectivity index (χ1n) is 6.77. The van der Waals surface area contributed by atoms with Gasteiger partial charge in [-0.2, -0.15) is 16.3 Å². The second-order valence-electron chi connectivity index (χ2n) is 4.84. The molecule has 1 aromatic carbocycles. The molecule has 0 saturated carbocycles. The molecule has 8 heteroatoms. The number of carbonyl (C=O) groups is 1. The van der Waals surface area contributed by atoms with Gasteiger partial charge in [-0.25, -0.2) is 0 Å². The standard InChI is InChI=1S/C16H10Cl2N2O3S/c17-12-2-1-9(13(18)7-12)5-11(6-14(21)22)16-19-15(20-23-16)10-3-4-24-8-10/h1-5,7-8H,6H2,(H,21,22)/b11-5+. The zero-order valence-electron chi connectivity index (χ0n) is 12.1. The van der Waals surface area contributed by atoms with Gasteiger partial charge in [-0.05, 0) is 35.2 Å². The molecule has 122 valence electrons. The molecule has 0 amide bonds. The van der Waals surface area contributed by atoms with Crippen LogP contribution in [-0.4, -0.2) is 21.2 Å². The molecule has 0 spiro atoms. The van der Waals surface area contributed by atoms with E-state index in [0.717, 1.165) is 5.56 Å². The Labute approximate surface area is 151 Å². The number of halogens is 2. The zero-order valence-corrected chi connectivity index (χ0v) is 14.4. The van der Waals surface area contributed by atoms with Crippen molar-refractivity contribution in [1.82, 2.24) is 10.1 Å². The van der Waals surface area contributed by atoms with Crippen LogP contribution in [0.25, 0.3) is 23.0 Å². The van der Waals surface area contributed by atoms with Crippen molar-refractivity contribution in [2.45, 2.75) is 6.42 Å². The van der Waals surface area contributed by atoms with Crippen molar-refractivity contribution in [1.29, 1.82) is 0 Å². The molecule has 0 atom stereocenters. The van der Waals surface area contributed by atoms with Gasteiger partial charge in [0.1, 0.15) is 0 Å². The van der Waals surface area contributed by atoms with E-state index in [0.29, 0.717) is 27.0 Å². The van der Waals surface area contributed by atoms with E-state index in [9.17, 15) is 4.79 Å². The molecule has 24 heavy (non-hydrogen) atoms. The average molecular weight is 381 g/mol. The number of carboxylic acid groups (broad SMARTS) is 1. The van der Waals surface area contributed by atoms with Crippen LogP contribution in [0.5, 0.6) is 0 Å². The second-order valence-corrected chi connectivity index (χ2v) is 6.46. The molecular weight excluding hydrogens is 371 g/mol. The molecule has 0 unspecified atom stereocenters. The molecule has 5 nitrogen and oxygen atoms in total. The van der Waals surface area contributed by atoms with Crippen LogP contribution in [0.2, 0.25) is 10.0 Å². The van der Waals surface area contributed by atoms with Crippen molar-refractivity contribution in [2.24, 2.45) is 0 Å². The van der Waals surface area contributed by atoms with E-state index in [1.54, 1.807) is 24.3 Å². The van der Waals surface area contributed by atoms with Gasteiger partial charge in [-0.1, -0.05) is 34.4 Å². The van der Waals surface area contributed by atoms with E-state index in [2.05, 4.69) is 10.1 Å². The van der Waals surface area contributed by atoms with E-state index in [4.69, 9.17) is 32.8 Å². The van der Waals surface area contributed by atoms with Gasteiger partial charge >= 0.3 is 5.97 Å². The molecule has 0 aliphatic rings. The second kappa shape index (κ2) is 7.17. The summed E-state index contributed by atoms with van der Waals surface area (Å²) in [4.78, 5) is 15.4. The third kappa shape index (κ3) is 3.84. The number of aliphatic carboxylic acids is 1. The van der Waals surface area contributed by atoms with Crippen molar-refractivity contribution < 1.29 is 14.4 Å². The maximum atomic E-state index is 11.2. The van der Waals surface area contributed by atoms with Crippen LogP contribution in [0.1, 0.15) is 17.9 Å². The maximum absolute atomic E-state index is 11.2. The van der Waals surface area contributed by atoms with Crippen LogP contribution in [0.4, 0.5) is 0 Å². The molecule has 0 saturated heterocycles. The molecule has 0 aliphatic heterocycles. The molecule has 0 radical (unpaired) electrons. The summed E-state index contributed by atoms with van der Waals surface area (Å²) in [7, 11) is 0. The maximum Gasteiger partial charge on any atom is 0.308 e. The number of aromatic nitrogens is 2. The number of benzene rings is 1. The highest BCUT2D eigenvalue weighted by Crippen LogP contribution is 2.28. The number of thiophene rings is 1. The SMILES string of the molecule is O=C(O)C/C(=C\c1ccc(Cl)cc1Cl)c1nc(-c2ccsc2)no1. The summed E-state index contributed by atoms with van der Waals surface area (Å²) in [6, 6.07) is 6.80. The minimum atomic E-state index is -1.01. The van der Waals surface area contributed by atoms with Crippen LogP contribution in [-0.2, 0) is 4.79 Å². The van der Waals surface area contributed by atoms with Gasteiger partial charge in [0.15, 0.2) is 0 Å².